The number of hydrogen-bond donors (Lipinski definition) is 2. The molecule has 4 rings (SSSR count). The van der Waals surface area contributed by atoms with Crippen LogP contribution < -0.4 is 10.6 Å². The molecule has 3 heterocycles. The van der Waals surface area contributed by atoms with E-state index in [9.17, 15) is 9.59 Å². The van der Waals surface area contributed by atoms with Gasteiger partial charge >= 0.3 is 0 Å². The van der Waals surface area contributed by atoms with Crippen LogP contribution in [-0.2, 0) is 4.79 Å². The number of thiocarbonyl (C=S) groups is 1. The van der Waals surface area contributed by atoms with Crippen LogP contribution in [0.15, 0.2) is 45.7 Å². The summed E-state index contributed by atoms with van der Waals surface area (Å²) in [4.78, 5) is 27.2. The van der Waals surface area contributed by atoms with E-state index < -0.39 is 0 Å². The van der Waals surface area contributed by atoms with Gasteiger partial charge in [0.2, 0.25) is 0 Å². The average molecular weight is 442 g/mol. The quantitative estimate of drug-likeness (QED) is 0.527. The molecule has 2 amide bonds. The van der Waals surface area contributed by atoms with Crippen molar-refractivity contribution in [2.75, 3.05) is 19.6 Å². The van der Waals surface area contributed by atoms with Crippen LogP contribution in [0.25, 0.3) is 17.4 Å². The van der Waals surface area contributed by atoms with Gasteiger partial charge in [-0.3, -0.25) is 14.5 Å². The Bertz CT molecular complexity index is 997. The van der Waals surface area contributed by atoms with E-state index in [0.29, 0.717) is 38.9 Å². The van der Waals surface area contributed by atoms with Gasteiger partial charge in [-0.05, 0) is 50.2 Å². The molecular formula is C22H23N3O3S2. The second-order valence-electron chi connectivity index (χ2n) is 7.27. The van der Waals surface area contributed by atoms with E-state index >= 15 is 0 Å². The first-order valence-electron chi connectivity index (χ1n) is 10.0. The highest BCUT2D eigenvalue weighted by atomic mass is 32.2. The second kappa shape index (κ2) is 9.16. The maximum Gasteiger partial charge on any atom is 0.263 e. The van der Waals surface area contributed by atoms with E-state index in [1.54, 1.807) is 24.3 Å². The lowest BCUT2D eigenvalue weighted by Crippen LogP contribution is -2.40. The fraction of sp³-hybridized carbons (Fsp3) is 0.318. The molecule has 2 fully saturated rings. The lowest BCUT2D eigenvalue weighted by molar-refractivity contribution is -0.115. The van der Waals surface area contributed by atoms with Crippen LogP contribution >= 0.6 is 24.0 Å². The van der Waals surface area contributed by atoms with Gasteiger partial charge in [-0.25, -0.2) is 0 Å². The lowest BCUT2D eigenvalue weighted by Gasteiger charge is -2.22. The van der Waals surface area contributed by atoms with Crippen LogP contribution in [0.1, 0.15) is 35.9 Å². The monoisotopic (exact) mass is 441 g/mol. The largest absolute Gasteiger partial charge is 0.457 e. The van der Waals surface area contributed by atoms with Crippen molar-refractivity contribution in [2.45, 2.75) is 25.8 Å². The number of carbonyl (C=O) groups excluding carboxylic acids is 2. The lowest BCUT2D eigenvalue weighted by atomic mass is 10.1. The summed E-state index contributed by atoms with van der Waals surface area (Å²) in [5.74, 6) is 0.975. The summed E-state index contributed by atoms with van der Waals surface area (Å²) < 4.78 is 6.28. The Kier molecular flexibility index (Phi) is 6.36. The molecule has 1 aromatic heterocycles. The molecule has 1 aromatic carbocycles. The summed E-state index contributed by atoms with van der Waals surface area (Å²) in [6, 6.07) is 11.4. The van der Waals surface area contributed by atoms with Gasteiger partial charge < -0.3 is 15.1 Å². The first-order chi connectivity index (χ1) is 14.5. The normalized spacial score (nSPS) is 20.7. The van der Waals surface area contributed by atoms with Gasteiger partial charge in [0.05, 0.1) is 4.91 Å². The van der Waals surface area contributed by atoms with Crippen LogP contribution in [0, 0.1) is 0 Å². The summed E-state index contributed by atoms with van der Waals surface area (Å²) in [7, 11) is 0. The average Bonchev–Trinajstić information content (AvgIpc) is 3.47. The van der Waals surface area contributed by atoms with Crippen molar-refractivity contribution in [2.24, 2.45) is 0 Å². The first kappa shape index (κ1) is 20.8. The Labute approximate surface area is 185 Å². The number of nitrogens with one attached hydrogen (secondary N) is 2. The van der Waals surface area contributed by atoms with E-state index in [1.165, 1.54) is 18.2 Å². The highest BCUT2D eigenvalue weighted by Crippen LogP contribution is 2.29. The van der Waals surface area contributed by atoms with Crippen LogP contribution in [0.2, 0.25) is 0 Å². The number of nitrogens with zero attached hydrogens (tertiary/aromatic N) is 1. The van der Waals surface area contributed by atoms with E-state index in [0.717, 1.165) is 25.1 Å². The summed E-state index contributed by atoms with van der Waals surface area (Å²) in [6.45, 7) is 4.97. The Hall–Kier alpha value is -2.42. The van der Waals surface area contributed by atoms with Crippen molar-refractivity contribution in [1.82, 2.24) is 15.5 Å². The number of amides is 2. The molecule has 2 aromatic rings. The van der Waals surface area contributed by atoms with Crippen molar-refractivity contribution in [3.05, 3.63) is 52.6 Å². The molecule has 6 nitrogen and oxygen atoms in total. The number of benzene rings is 1. The zero-order valence-corrected chi connectivity index (χ0v) is 18.3. The summed E-state index contributed by atoms with van der Waals surface area (Å²) >= 11 is 6.21. The Morgan fingerprint density at radius 3 is 2.83 bits per heavy atom. The standard InChI is InChI=1S/C22H23N3O3S2/c1-2-25-11-3-4-16(25)13-23-20(26)15-7-5-14(6-8-15)18-10-9-17(28-18)12-19-21(27)24-22(29)30-19/h5-10,12,16H,2-4,11,13H2,1H3,(H,23,26)(H,24,27,29). The van der Waals surface area contributed by atoms with E-state index in [2.05, 4.69) is 22.5 Å². The van der Waals surface area contributed by atoms with E-state index in [4.69, 9.17) is 16.6 Å². The number of rotatable bonds is 6. The number of hydrogen-bond acceptors (Lipinski definition) is 6. The fourth-order valence-corrected chi connectivity index (χ4v) is 4.80. The molecule has 1 atom stereocenters. The van der Waals surface area contributed by atoms with Crippen molar-refractivity contribution < 1.29 is 14.0 Å². The predicted octanol–water partition coefficient (Wildman–Crippen LogP) is 3.65. The molecular weight excluding hydrogens is 418 g/mol. The van der Waals surface area contributed by atoms with Gasteiger partial charge in [0, 0.05) is 29.8 Å². The number of furan rings is 1. The summed E-state index contributed by atoms with van der Waals surface area (Å²) in [5.41, 5.74) is 1.49. The minimum absolute atomic E-state index is 0.0605. The van der Waals surface area contributed by atoms with Crippen LogP contribution in [0.4, 0.5) is 0 Å². The van der Waals surface area contributed by atoms with Gasteiger partial charge in [0.25, 0.3) is 11.8 Å². The maximum atomic E-state index is 12.5. The molecule has 2 aliphatic rings. The molecule has 0 bridgehead atoms. The molecule has 0 radical (unpaired) electrons. The maximum absolute atomic E-state index is 12.5. The van der Waals surface area contributed by atoms with Gasteiger partial charge in [0.15, 0.2) is 0 Å². The Morgan fingerprint density at radius 2 is 2.13 bits per heavy atom. The molecule has 0 aliphatic carbocycles. The fourth-order valence-electron chi connectivity index (χ4n) is 3.78. The molecule has 156 valence electrons. The minimum Gasteiger partial charge on any atom is -0.457 e. The van der Waals surface area contributed by atoms with Gasteiger partial charge in [-0.1, -0.05) is 43.0 Å². The zero-order chi connectivity index (χ0) is 21.1. The van der Waals surface area contributed by atoms with Crippen LogP contribution in [0.3, 0.4) is 0 Å². The molecule has 2 saturated heterocycles. The smallest absolute Gasteiger partial charge is 0.263 e. The number of likely N-dealkylation sites (tertiary alicyclic amines) is 1. The third-order valence-corrected chi connectivity index (χ3v) is 6.54. The Balaban J connectivity index is 1.38. The van der Waals surface area contributed by atoms with E-state index in [1.807, 2.05) is 18.2 Å². The molecule has 0 saturated carbocycles. The predicted molar refractivity (Wildman–Crippen MR) is 123 cm³/mol. The molecule has 2 N–H and O–H groups in total. The second-order valence-corrected chi connectivity index (χ2v) is 8.99. The number of likely N-dealkylation sites (N-methyl/N-ethyl adjacent to an activating group) is 1. The highest BCUT2D eigenvalue weighted by Gasteiger charge is 2.24. The van der Waals surface area contributed by atoms with Gasteiger partial charge in [-0.2, -0.15) is 0 Å². The molecule has 1 unspecified atom stereocenters. The SMILES string of the molecule is CCN1CCCC1CNC(=O)c1ccc(-c2ccc(C=C3SC(=S)NC3=O)o2)cc1. The molecule has 0 spiro atoms. The van der Waals surface area contributed by atoms with Crippen molar-refractivity contribution >= 4 is 46.2 Å². The highest BCUT2D eigenvalue weighted by molar-refractivity contribution is 8.26. The third-order valence-electron chi connectivity index (χ3n) is 5.38. The third kappa shape index (κ3) is 4.66. The first-order valence-corrected chi connectivity index (χ1v) is 11.2. The van der Waals surface area contributed by atoms with Crippen molar-refractivity contribution in [3.63, 3.8) is 0 Å². The van der Waals surface area contributed by atoms with Gasteiger partial charge in [0.1, 0.15) is 15.8 Å². The molecule has 2 aliphatic heterocycles. The molecule has 30 heavy (non-hydrogen) atoms. The van der Waals surface area contributed by atoms with Crippen molar-refractivity contribution in [1.29, 1.82) is 0 Å². The topological polar surface area (TPSA) is 74.6 Å². The number of carbonyl (C=O) groups is 2. The number of thioether (sulfide) groups is 1. The van der Waals surface area contributed by atoms with Crippen LogP contribution in [-0.4, -0.2) is 46.7 Å². The van der Waals surface area contributed by atoms with Gasteiger partial charge in [-0.15, -0.1) is 0 Å². The summed E-state index contributed by atoms with van der Waals surface area (Å²) in [6.07, 6.45) is 4.00. The van der Waals surface area contributed by atoms with E-state index in [-0.39, 0.29) is 11.8 Å². The van der Waals surface area contributed by atoms with Crippen LogP contribution in [0.5, 0.6) is 0 Å². The Morgan fingerprint density at radius 1 is 1.33 bits per heavy atom. The van der Waals surface area contributed by atoms with Crippen molar-refractivity contribution in [3.8, 4) is 11.3 Å². The molecule has 8 heteroatoms. The summed E-state index contributed by atoms with van der Waals surface area (Å²) in [5, 5.41) is 5.64. The zero-order valence-electron chi connectivity index (χ0n) is 16.6. The minimum atomic E-state index is -0.210.